The van der Waals surface area contributed by atoms with E-state index in [4.69, 9.17) is 4.99 Å². The Morgan fingerprint density at radius 3 is 2.39 bits per heavy atom. The van der Waals surface area contributed by atoms with E-state index >= 15 is 0 Å². The van der Waals surface area contributed by atoms with E-state index in [-0.39, 0.29) is 0 Å². The Kier molecular flexibility index (Phi) is 4.70. The third kappa shape index (κ3) is 2.89. The van der Waals surface area contributed by atoms with E-state index in [1.165, 1.54) is 16.8 Å². The van der Waals surface area contributed by atoms with Crippen molar-refractivity contribution in [1.29, 1.82) is 0 Å². The van der Waals surface area contributed by atoms with Crippen molar-refractivity contribution in [2.24, 2.45) is 4.99 Å². The van der Waals surface area contributed by atoms with Crippen molar-refractivity contribution in [2.75, 3.05) is 11.1 Å². The Hall–Kier alpha value is -0.960. The number of amidine groups is 1. The second kappa shape index (κ2) is 6.28. The molecule has 0 fully saturated rings. The van der Waals surface area contributed by atoms with Gasteiger partial charge in [-0.1, -0.05) is 50.7 Å². The number of aryl methyl sites for hydroxylation is 2. The van der Waals surface area contributed by atoms with Crippen LogP contribution in [0.5, 0.6) is 0 Å². The molecule has 1 unspecified atom stereocenters. The molecule has 3 heteroatoms. The largest absolute Gasteiger partial charge is 0.335 e. The van der Waals surface area contributed by atoms with Crippen molar-refractivity contribution in [1.82, 2.24) is 0 Å². The number of nitrogens with one attached hydrogen (secondary N) is 1. The van der Waals surface area contributed by atoms with Crippen LogP contribution in [0.2, 0.25) is 0 Å². The number of para-hydroxylation sites is 1. The van der Waals surface area contributed by atoms with Crippen LogP contribution >= 0.6 is 11.8 Å². The highest BCUT2D eigenvalue weighted by Gasteiger charge is 2.18. The molecular formula is C15H22N2S. The second-order valence-corrected chi connectivity index (χ2v) is 5.60. The Balaban J connectivity index is 2.23. The summed E-state index contributed by atoms with van der Waals surface area (Å²) in [5.41, 5.74) is 4.06. The van der Waals surface area contributed by atoms with Crippen molar-refractivity contribution in [3.05, 3.63) is 29.3 Å². The van der Waals surface area contributed by atoms with Gasteiger partial charge < -0.3 is 5.32 Å². The lowest BCUT2D eigenvalue weighted by Crippen LogP contribution is -2.09. The van der Waals surface area contributed by atoms with Crippen LogP contribution in [0.4, 0.5) is 5.69 Å². The van der Waals surface area contributed by atoms with Crippen molar-refractivity contribution >= 4 is 22.6 Å². The van der Waals surface area contributed by atoms with Crippen LogP contribution in [0, 0.1) is 0 Å². The van der Waals surface area contributed by atoms with Gasteiger partial charge in [0.05, 0.1) is 6.04 Å². The van der Waals surface area contributed by atoms with E-state index in [0.717, 1.165) is 30.2 Å². The van der Waals surface area contributed by atoms with Crippen LogP contribution in [0.15, 0.2) is 23.2 Å². The molecule has 1 aromatic rings. The molecule has 0 bridgehead atoms. The molecule has 0 aromatic heterocycles. The molecule has 1 atom stereocenters. The summed E-state index contributed by atoms with van der Waals surface area (Å²) in [7, 11) is 0. The molecule has 0 saturated carbocycles. The molecule has 0 saturated heterocycles. The van der Waals surface area contributed by atoms with E-state index in [2.05, 4.69) is 44.3 Å². The van der Waals surface area contributed by atoms with Gasteiger partial charge in [-0.3, -0.25) is 4.99 Å². The number of thioether (sulfide) groups is 1. The van der Waals surface area contributed by atoms with E-state index < -0.39 is 0 Å². The summed E-state index contributed by atoms with van der Waals surface area (Å²) in [4.78, 5) is 4.72. The standard InChI is InChI=1S/C15H22N2S/c1-4-11-8-7-9-12(5-2)14(11)17-15-16-13(6-3)10-18-15/h7-9,13H,4-6,10H2,1-3H3,(H,16,17). The predicted molar refractivity (Wildman–Crippen MR) is 82.8 cm³/mol. The summed E-state index contributed by atoms with van der Waals surface area (Å²) < 4.78 is 0. The molecule has 1 N–H and O–H groups in total. The number of nitrogens with zero attached hydrogens (tertiary/aromatic N) is 1. The summed E-state index contributed by atoms with van der Waals surface area (Å²) in [6.07, 6.45) is 3.25. The molecule has 1 heterocycles. The minimum absolute atomic E-state index is 0.497. The smallest absolute Gasteiger partial charge is 0.161 e. The molecule has 98 valence electrons. The number of rotatable bonds is 4. The lowest BCUT2D eigenvalue weighted by molar-refractivity contribution is 0.738. The zero-order chi connectivity index (χ0) is 13.0. The van der Waals surface area contributed by atoms with E-state index in [1.54, 1.807) is 0 Å². The van der Waals surface area contributed by atoms with Crippen molar-refractivity contribution in [3.8, 4) is 0 Å². The quantitative estimate of drug-likeness (QED) is 0.883. The van der Waals surface area contributed by atoms with Gasteiger partial charge in [0.2, 0.25) is 0 Å². The third-order valence-electron chi connectivity index (χ3n) is 3.41. The van der Waals surface area contributed by atoms with E-state index in [0.29, 0.717) is 6.04 Å². The fourth-order valence-corrected chi connectivity index (χ4v) is 3.26. The fourth-order valence-electron chi connectivity index (χ4n) is 2.20. The molecule has 2 nitrogen and oxygen atoms in total. The molecule has 0 aliphatic carbocycles. The highest BCUT2D eigenvalue weighted by atomic mass is 32.2. The van der Waals surface area contributed by atoms with Gasteiger partial charge in [0.25, 0.3) is 0 Å². The van der Waals surface area contributed by atoms with Gasteiger partial charge >= 0.3 is 0 Å². The van der Waals surface area contributed by atoms with Crippen LogP contribution in [-0.4, -0.2) is 17.0 Å². The number of aliphatic imine (C=N–C) groups is 1. The Morgan fingerprint density at radius 2 is 1.89 bits per heavy atom. The first-order valence-corrected chi connectivity index (χ1v) is 7.85. The maximum Gasteiger partial charge on any atom is 0.161 e. The van der Waals surface area contributed by atoms with Crippen LogP contribution < -0.4 is 5.32 Å². The number of hydrogen-bond acceptors (Lipinski definition) is 3. The molecule has 0 spiro atoms. The van der Waals surface area contributed by atoms with E-state index in [9.17, 15) is 0 Å². The average molecular weight is 262 g/mol. The molecular weight excluding hydrogens is 240 g/mol. The minimum Gasteiger partial charge on any atom is -0.335 e. The summed E-state index contributed by atoms with van der Waals surface area (Å²) in [5.74, 6) is 1.12. The first kappa shape index (κ1) is 13.5. The lowest BCUT2D eigenvalue weighted by atomic mass is 10.0. The first-order valence-electron chi connectivity index (χ1n) is 6.86. The molecule has 2 rings (SSSR count). The average Bonchev–Trinajstić information content (AvgIpc) is 2.86. The third-order valence-corrected chi connectivity index (χ3v) is 4.45. The van der Waals surface area contributed by atoms with Gasteiger partial charge in [-0.15, -0.1) is 0 Å². The molecule has 18 heavy (non-hydrogen) atoms. The monoisotopic (exact) mass is 262 g/mol. The highest BCUT2D eigenvalue weighted by molar-refractivity contribution is 8.14. The van der Waals surface area contributed by atoms with Crippen LogP contribution in [0.3, 0.4) is 0 Å². The predicted octanol–water partition coefficient (Wildman–Crippen LogP) is 4.10. The maximum atomic E-state index is 4.72. The maximum absolute atomic E-state index is 4.72. The lowest BCUT2D eigenvalue weighted by Gasteiger charge is -2.14. The van der Waals surface area contributed by atoms with E-state index in [1.807, 2.05) is 11.8 Å². The summed E-state index contributed by atoms with van der Waals surface area (Å²) in [6, 6.07) is 7.07. The molecule has 1 aliphatic rings. The van der Waals surface area contributed by atoms with Gasteiger partial charge in [0, 0.05) is 11.4 Å². The Bertz CT molecular complexity index is 418. The number of anilines is 1. The Morgan fingerprint density at radius 1 is 1.22 bits per heavy atom. The second-order valence-electron chi connectivity index (χ2n) is 4.59. The minimum atomic E-state index is 0.497. The van der Waals surface area contributed by atoms with Crippen LogP contribution in [0.25, 0.3) is 0 Å². The molecule has 1 aromatic carbocycles. The SMILES string of the molecule is CCc1cccc(CC)c1NC1=NC(CC)CS1. The molecule has 0 amide bonds. The number of hydrogen-bond donors (Lipinski definition) is 1. The van der Waals surface area contributed by atoms with Gasteiger partial charge in [-0.2, -0.15) is 0 Å². The van der Waals surface area contributed by atoms with Gasteiger partial charge in [-0.25, -0.2) is 0 Å². The number of benzene rings is 1. The van der Waals surface area contributed by atoms with Crippen LogP contribution in [0.1, 0.15) is 38.3 Å². The van der Waals surface area contributed by atoms with Gasteiger partial charge in [-0.05, 0) is 30.4 Å². The van der Waals surface area contributed by atoms with Crippen molar-refractivity contribution in [3.63, 3.8) is 0 Å². The zero-order valence-electron chi connectivity index (χ0n) is 11.5. The van der Waals surface area contributed by atoms with Crippen molar-refractivity contribution < 1.29 is 0 Å². The van der Waals surface area contributed by atoms with Gasteiger partial charge in [0.1, 0.15) is 0 Å². The summed E-state index contributed by atoms with van der Waals surface area (Å²) in [6.45, 7) is 6.62. The summed E-state index contributed by atoms with van der Waals surface area (Å²) >= 11 is 1.85. The first-order chi connectivity index (χ1) is 8.78. The van der Waals surface area contributed by atoms with Crippen LogP contribution in [-0.2, 0) is 12.8 Å². The van der Waals surface area contributed by atoms with Gasteiger partial charge in [0.15, 0.2) is 5.17 Å². The normalized spacial score (nSPS) is 18.8. The fraction of sp³-hybridized carbons (Fsp3) is 0.533. The zero-order valence-corrected chi connectivity index (χ0v) is 12.3. The molecule has 0 radical (unpaired) electrons. The highest BCUT2D eigenvalue weighted by Crippen LogP contribution is 2.27. The topological polar surface area (TPSA) is 24.4 Å². The van der Waals surface area contributed by atoms with Crippen molar-refractivity contribution in [2.45, 2.75) is 46.1 Å². The Labute approximate surface area is 114 Å². The summed E-state index contributed by atoms with van der Waals surface area (Å²) in [5, 5.41) is 4.65. The molecule has 1 aliphatic heterocycles.